The Labute approximate surface area is 160 Å². The molecule has 148 valence electrons. The second-order valence-corrected chi connectivity index (χ2v) is 8.40. The maximum absolute atomic E-state index is 6.37. The maximum Gasteiger partial charge on any atom is 0.168 e. The molecule has 0 amide bonds. The third kappa shape index (κ3) is 2.85. The minimum Gasteiger partial charge on any atom is -0.493 e. The van der Waals surface area contributed by atoms with Crippen LogP contribution in [-0.4, -0.2) is 49.9 Å². The summed E-state index contributed by atoms with van der Waals surface area (Å²) in [5, 5.41) is 2.16. The van der Waals surface area contributed by atoms with Crippen molar-refractivity contribution in [3.8, 4) is 11.5 Å². The van der Waals surface area contributed by atoms with Gasteiger partial charge in [0.05, 0.1) is 45.1 Å². The number of rotatable bonds is 3. The van der Waals surface area contributed by atoms with E-state index in [4.69, 9.17) is 23.8 Å². The molecule has 3 atom stereocenters. The van der Waals surface area contributed by atoms with Crippen LogP contribution in [0.1, 0.15) is 56.6 Å². The third-order valence-electron chi connectivity index (χ3n) is 6.72. The van der Waals surface area contributed by atoms with E-state index in [-0.39, 0.29) is 23.5 Å². The van der Waals surface area contributed by atoms with Crippen LogP contribution in [0.3, 0.4) is 0 Å². The summed E-state index contributed by atoms with van der Waals surface area (Å²) in [7, 11) is 3.33. The minimum absolute atomic E-state index is 0.177. The van der Waals surface area contributed by atoms with Crippen LogP contribution in [0.4, 0.5) is 0 Å². The number of methoxy groups -OCH3 is 2. The number of hydroxylamine groups is 2. The quantitative estimate of drug-likeness (QED) is 0.805. The molecule has 1 aromatic rings. The predicted molar refractivity (Wildman–Crippen MR) is 98.7 cm³/mol. The van der Waals surface area contributed by atoms with Gasteiger partial charge in [-0.1, -0.05) is 12.5 Å². The van der Waals surface area contributed by atoms with E-state index < -0.39 is 0 Å². The molecule has 1 unspecified atom stereocenters. The van der Waals surface area contributed by atoms with Gasteiger partial charge in [0.2, 0.25) is 0 Å². The van der Waals surface area contributed by atoms with E-state index in [1.54, 1.807) is 14.2 Å². The standard InChI is InChI=1S/C21H29NO5/c1-23-18-7-6-15(10-19(18)24-2)17-11-16-12-20(22(17)27-16)13-25-21(26-14-20)8-4-3-5-9-21/h6-7,10,16-17H,3-5,8-9,11-14H2,1-2H3/t16-,17-/m0/s1. The lowest BCUT2D eigenvalue weighted by Gasteiger charge is -2.50. The Morgan fingerprint density at radius 3 is 2.41 bits per heavy atom. The monoisotopic (exact) mass is 375 g/mol. The van der Waals surface area contributed by atoms with Crippen molar-refractivity contribution >= 4 is 0 Å². The summed E-state index contributed by atoms with van der Waals surface area (Å²) in [6, 6.07) is 6.33. The van der Waals surface area contributed by atoms with Crippen molar-refractivity contribution in [3.63, 3.8) is 0 Å². The number of hydrogen-bond donors (Lipinski definition) is 0. The number of ether oxygens (including phenoxy) is 4. The van der Waals surface area contributed by atoms with Crippen LogP contribution in [0, 0.1) is 0 Å². The topological polar surface area (TPSA) is 49.4 Å². The summed E-state index contributed by atoms with van der Waals surface area (Å²) in [5.74, 6) is 1.16. The van der Waals surface area contributed by atoms with E-state index >= 15 is 0 Å². The van der Waals surface area contributed by atoms with Crippen LogP contribution in [0.2, 0.25) is 0 Å². The average molecular weight is 375 g/mol. The molecular formula is C21H29NO5. The smallest absolute Gasteiger partial charge is 0.168 e. The molecule has 0 aromatic heterocycles. The van der Waals surface area contributed by atoms with Crippen molar-refractivity contribution in [2.24, 2.45) is 0 Å². The van der Waals surface area contributed by atoms with Gasteiger partial charge < -0.3 is 18.9 Å². The second kappa shape index (κ2) is 6.62. The van der Waals surface area contributed by atoms with Gasteiger partial charge in [0.1, 0.15) is 0 Å². The molecule has 3 aliphatic heterocycles. The van der Waals surface area contributed by atoms with Gasteiger partial charge in [-0.2, -0.15) is 5.06 Å². The van der Waals surface area contributed by atoms with Crippen molar-refractivity contribution in [1.29, 1.82) is 0 Å². The fourth-order valence-electron chi connectivity index (χ4n) is 5.27. The molecule has 0 N–H and O–H groups in total. The van der Waals surface area contributed by atoms with Gasteiger partial charge in [-0.05, 0) is 37.0 Å². The van der Waals surface area contributed by atoms with Gasteiger partial charge in [0.25, 0.3) is 0 Å². The largest absolute Gasteiger partial charge is 0.493 e. The number of benzene rings is 1. The Morgan fingerprint density at radius 2 is 1.74 bits per heavy atom. The van der Waals surface area contributed by atoms with Crippen molar-refractivity contribution in [1.82, 2.24) is 5.06 Å². The van der Waals surface area contributed by atoms with E-state index in [0.717, 1.165) is 37.2 Å². The van der Waals surface area contributed by atoms with Gasteiger partial charge in [0.15, 0.2) is 17.3 Å². The molecule has 1 saturated carbocycles. The summed E-state index contributed by atoms with van der Waals surface area (Å²) in [4.78, 5) is 6.24. The highest BCUT2D eigenvalue weighted by Gasteiger charge is 2.59. The fraction of sp³-hybridized carbons (Fsp3) is 0.714. The van der Waals surface area contributed by atoms with Gasteiger partial charge in [-0.25, -0.2) is 0 Å². The molecule has 3 heterocycles. The first-order valence-electron chi connectivity index (χ1n) is 10.1. The van der Waals surface area contributed by atoms with Crippen LogP contribution < -0.4 is 9.47 Å². The fourth-order valence-corrected chi connectivity index (χ4v) is 5.27. The molecule has 4 fully saturated rings. The van der Waals surface area contributed by atoms with Crippen LogP contribution in [0.5, 0.6) is 11.5 Å². The first kappa shape index (κ1) is 17.7. The molecule has 6 heteroatoms. The zero-order chi connectivity index (χ0) is 18.5. The maximum atomic E-state index is 6.37. The SMILES string of the molecule is COc1ccc([C@@H]2C[C@H]3CC4(COC5(CCCCC5)OC4)N2O3)cc1OC. The summed E-state index contributed by atoms with van der Waals surface area (Å²) < 4.78 is 23.6. The minimum atomic E-state index is -0.342. The van der Waals surface area contributed by atoms with Gasteiger partial charge in [-0.3, -0.25) is 4.84 Å². The van der Waals surface area contributed by atoms with Crippen molar-refractivity contribution in [2.75, 3.05) is 27.4 Å². The van der Waals surface area contributed by atoms with Crippen LogP contribution in [0.25, 0.3) is 0 Å². The Morgan fingerprint density at radius 1 is 1.00 bits per heavy atom. The number of nitrogens with zero attached hydrogens (tertiary/aromatic N) is 1. The highest BCUT2D eigenvalue weighted by atomic mass is 16.7. The van der Waals surface area contributed by atoms with E-state index in [1.165, 1.54) is 24.8 Å². The first-order chi connectivity index (χ1) is 13.2. The Hall–Kier alpha value is -1.34. The van der Waals surface area contributed by atoms with E-state index in [9.17, 15) is 0 Å². The highest BCUT2D eigenvalue weighted by Crippen LogP contribution is 2.52. The molecule has 5 rings (SSSR count). The van der Waals surface area contributed by atoms with E-state index in [2.05, 4.69) is 17.2 Å². The lowest BCUT2D eigenvalue weighted by Crippen LogP contribution is -2.60. The molecule has 1 aromatic carbocycles. The Bertz CT molecular complexity index is 692. The molecule has 6 nitrogen and oxygen atoms in total. The van der Waals surface area contributed by atoms with Crippen LogP contribution in [-0.2, 0) is 14.3 Å². The highest BCUT2D eigenvalue weighted by molar-refractivity contribution is 5.44. The number of fused-ring (bicyclic) bond motifs is 3. The lowest BCUT2D eigenvalue weighted by molar-refractivity contribution is -0.334. The summed E-state index contributed by atoms with van der Waals surface area (Å²) >= 11 is 0. The molecule has 0 radical (unpaired) electrons. The molecule has 2 spiro atoms. The van der Waals surface area contributed by atoms with Crippen molar-refractivity contribution in [2.45, 2.75) is 68.4 Å². The van der Waals surface area contributed by atoms with Gasteiger partial charge in [-0.15, -0.1) is 0 Å². The summed E-state index contributed by atoms with van der Waals surface area (Å²) in [6.07, 6.45) is 7.93. The van der Waals surface area contributed by atoms with Crippen molar-refractivity contribution < 1.29 is 23.8 Å². The summed E-state index contributed by atoms with van der Waals surface area (Å²) in [6.45, 7) is 1.38. The van der Waals surface area contributed by atoms with Crippen molar-refractivity contribution in [3.05, 3.63) is 23.8 Å². The third-order valence-corrected chi connectivity index (χ3v) is 6.72. The average Bonchev–Trinajstić information content (AvgIpc) is 3.29. The van der Waals surface area contributed by atoms with Gasteiger partial charge in [0, 0.05) is 19.3 Å². The van der Waals surface area contributed by atoms with Gasteiger partial charge >= 0.3 is 0 Å². The zero-order valence-electron chi connectivity index (χ0n) is 16.2. The number of hydrogen-bond acceptors (Lipinski definition) is 6. The molecule has 3 saturated heterocycles. The molecule has 2 bridgehead atoms. The van der Waals surface area contributed by atoms with E-state index in [0.29, 0.717) is 13.2 Å². The Balaban J connectivity index is 1.36. The van der Waals surface area contributed by atoms with Crippen LogP contribution in [0.15, 0.2) is 18.2 Å². The lowest BCUT2D eigenvalue weighted by atomic mass is 9.83. The van der Waals surface area contributed by atoms with E-state index in [1.807, 2.05) is 6.07 Å². The zero-order valence-corrected chi connectivity index (χ0v) is 16.2. The number of piperidine rings is 1. The Kier molecular flexibility index (Phi) is 4.35. The molecular weight excluding hydrogens is 346 g/mol. The summed E-state index contributed by atoms with van der Waals surface area (Å²) in [5.41, 5.74) is 1.01. The second-order valence-electron chi connectivity index (χ2n) is 8.40. The molecule has 27 heavy (non-hydrogen) atoms. The van der Waals surface area contributed by atoms with Crippen LogP contribution >= 0.6 is 0 Å². The molecule has 4 aliphatic rings. The normalized spacial score (nSPS) is 33.5. The molecule has 1 aliphatic carbocycles. The first-order valence-corrected chi connectivity index (χ1v) is 10.1. The predicted octanol–water partition coefficient (Wildman–Crippen LogP) is 3.60.